The molecule has 1 aromatic rings. The molecule has 1 aromatic carbocycles. The van der Waals surface area contributed by atoms with E-state index in [0.717, 1.165) is 6.54 Å². The molecule has 16 heavy (non-hydrogen) atoms. The number of hydrogen-bond donors (Lipinski definition) is 2. The van der Waals surface area contributed by atoms with E-state index < -0.39 is 0 Å². The highest BCUT2D eigenvalue weighted by Gasteiger charge is 2.14. The van der Waals surface area contributed by atoms with Gasteiger partial charge in [-0.15, -0.1) is 0 Å². The molecular formula is C13H20N2O. The minimum Gasteiger partial charge on any atom is -0.370 e. The first-order chi connectivity index (χ1) is 7.59. The van der Waals surface area contributed by atoms with Gasteiger partial charge in [0.2, 0.25) is 5.91 Å². The number of hydrogen-bond acceptors (Lipinski definition) is 2. The average Bonchev–Trinajstić information content (AvgIpc) is 2.25. The van der Waals surface area contributed by atoms with Crippen molar-refractivity contribution in [1.82, 2.24) is 5.32 Å². The molecule has 1 amide bonds. The molecular weight excluding hydrogens is 200 g/mol. The van der Waals surface area contributed by atoms with Crippen molar-refractivity contribution in [2.75, 3.05) is 0 Å². The topological polar surface area (TPSA) is 55.1 Å². The molecule has 0 aliphatic carbocycles. The van der Waals surface area contributed by atoms with Crippen LogP contribution in [0.1, 0.15) is 25.8 Å². The third-order valence-electron chi connectivity index (χ3n) is 2.64. The first-order valence-corrected chi connectivity index (χ1v) is 5.65. The molecule has 1 rings (SSSR count). The maximum absolute atomic E-state index is 10.9. The summed E-state index contributed by atoms with van der Waals surface area (Å²) >= 11 is 0. The molecule has 0 aliphatic heterocycles. The molecule has 3 N–H and O–H groups in total. The minimum absolute atomic E-state index is 0.151. The zero-order valence-electron chi connectivity index (χ0n) is 9.94. The summed E-state index contributed by atoms with van der Waals surface area (Å²) in [7, 11) is 0. The summed E-state index contributed by atoms with van der Waals surface area (Å²) in [6, 6.07) is 10.3. The zero-order valence-corrected chi connectivity index (χ0v) is 9.94. The van der Waals surface area contributed by atoms with Gasteiger partial charge in [-0.1, -0.05) is 44.2 Å². The summed E-state index contributed by atoms with van der Waals surface area (Å²) in [6.45, 7) is 4.95. The summed E-state index contributed by atoms with van der Waals surface area (Å²) in [4.78, 5) is 10.9. The van der Waals surface area contributed by atoms with Gasteiger partial charge in [-0.05, 0) is 11.5 Å². The molecule has 0 saturated carbocycles. The molecule has 0 fully saturated rings. The number of benzene rings is 1. The lowest BCUT2D eigenvalue weighted by Gasteiger charge is -2.21. The van der Waals surface area contributed by atoms with Gasteiger partial charge in [0.25, 0.3) is 0 Å². The second-order valence-electron chi connectivity index (χ2n) is 4.39. The van der Waals surface area contributed by atoms with Crippen molar-refractivity contribution < 1.29 is 4.79 Å². The van der Waals surface area contributed by atoms with E-state index in [4.69, 9.17) is 5.73 Å². The SMILES string of the molecule is CC(C)[C@H](CC(N)=O)NCc1ccccc1. The van der Waals surface area contributed by atoms with E-state index in [1.807, 2.05) is 18.2 Å². The van der Waals surface area contributed by atoms with Gasteiger partial charge in [0.1, 0.15) is 0 Å². The van der Waals surface area contributed by atoms with E-state index >= 15 is 0 Å². The number of carbonyl (C=O) groups excluding carboxylic acids is 1. The van der Waals surface area contributed by atoms with Gasteiger partial charge in [0, 0.05) is 19.0 Å². The quantitative estimate of drug-likeness (QED) is 0.766. The molecule has 0 aromatic heterocycles. The third-order valence-corrected chi connectivity index (χ3v) is 2.64. The van der Waals surface area contributed by atoms with Crippen LogP contribution in [0.2, 0.25) is 0 Å². The lowest BCUT2D eigenvalue weighted by Crippen LogP contribution is -2.37. The van der Waals surface area contributed by atoms with E-state index in [2.05, 4.69) is 31.3 Å². The number of rotatable bonds is 6. The van der Waals surface area contributed by atoms with Gasteiger partial charge >= 0.3 is 0 Å². The van der Waals surface area contributed by atoms with E-state index in [1.165, 1.54) is 5.56 Å². The Balaban J connectivity index is 2.47. The predicted molar refractivity (Wildman–Crippen MR) is 65.7 cm³/mol. The number of primary amides is 1. The maximum atomic E-state index is 10.9. The van der Waals surface area contributed by atoms with Gasteiger partial charge < -0.3 is 11.1 Å². The molecule has 0 spiro atoms. The maximum Gasteiger partial charge on any atom is 0.218 e. The van der Waals surface area contributed by atoms with Crippen LogP contribution in [0.3, 0.4) is 0 Å². The van der Waals surface area contributed by atoms with Crippen LogP contribution < -0.4 is 11.1 Å². The first kappa shape index (κ1) is 12.7. The van der Waals surface area contributed by atoms with E-state index in [9.17, 15) is 4.79 Å². The van der Waals surface area contributed by atoms with Gasteiger partial charge in [-0.3, -0.25) is 4.79 Å². The van der Waals surface area contributed by atoms with Crippen LogP contribution in [0.5, 0.6) is 0 Å². The van der Waals surface area contributed by atoms with E-state index in [-0.39, 0.29) is 11.9 Å². The highest BCUT2D eigenvalue weighted by atomic mass is 16.1. The van der Waals surface area contributed by atoms with Gasteiger partial charge in [0.05, 0.1) is 0 Å². The Bertz CT molecular complexity index is 322. The second-order valence-corrected chi connectivity index (χ2v) is 4.39. The highest BCUT2D eigenvalue weighted by Crippen LogP contribution is 2.07. The zero-order chi connectivity index (χ0) is 12.0. The van der Waals surface area contributed by atoms with Crippen molar-refractivity contribution in [1.29, 1.82) is 0 Å². The summed E-state index contributed by atoms with van der Waals surface area (Å²) in [6.07, 6.45) is 0.393. The number of amides is 1. The second kappa shape index (κ2) is 6.28. The Morgan fingerprint density at radius 2 is 1.94 bits per heavy atom. The fraction of sp³-hybridized carbons (Fsp3) is 0.462. The van der Waals surface area contributed by atoms with Crippen LogP contribution in [0.25, 0.3) is 0 Å². The van der Waals surface area contributed by atoms with Crippen molar-refractivity contribution in [3.63, 3.8) is 0 Å². The Hall–Kier alpha value is -1.35. The van der Waals surface area contributed by atoms with E-state index in [1.54, 1.807) is 0 Å². The van der Waals surface area contributed by atoms with Crippen LogP contribution in [0.4, 0.5) is 0 Å². The lowest BCUT2D eigenvalue weighted by molar-refractivity contribution is -0.118. The van der Waals surface area contributed by atoms with Crippen molar-refractivity contribution >= 4 is 5.91 Å². The fourth-order valence-corrected chi connectivity index (χ4v) is 1.61. The largest absolute Gasteiger partial charge is 0.370 e. The average molecular weight is 220 g/mol. The summed E-state index contributed by atoms with van der Waals surface area (Å²) in [5, 5.41) is 3.37. The van der Waals surface area contributed by atoms with Gasteiger partial charge in [0.15, 0.2) is 0 Å². The van der Waals surface area contributed by atoms with Crippen molar-refractivity contribution in [2.45, 2.75) is 32.9 Å². The van der Waals surface area contributed by atoms with Crippen LogP contribution in [0, 0.1) is 5.92 Å². The van der Waals surface area contributed by atoms with E-state index in [0.29, 0.717) is 12.3 Å². The highest BCUT2D eigenvalue weighted by molar-refractivity contribution is 5.74. The van der Waals surface area contributed by atoms with Crippen LogP contribution in [-0.2, 0) is 11.3 Å². The molecule has 0 radical (unpaired) electrons. The Morgan fingerprint density at radius 1 is 1.31 bits per heavy atom. The standard InChI is InChI=1S/C13H20N2O/c1-10(2)12(8-13(14)16)15-9-11-6-4-3-5-7-11/h3-7,10,12,15H,8-9H2,1-2H3,(H2,14,16)/t12-/m0/s1. The summed E-state index contributed by atoms with van der Waals surface area (Å²) in [5.41, 5.74) is 6.44. The Labute approximate surface area is 97.0 Å². The summed E-state index contributed by atoms with van der Waals surface area (Å²) < 4.78 is 0. The number of carbonyl (C=O) groups is 1. The number of nitrogens with one attached hydrogen (secondary N) is 1. The van der Waals surface area contributed by atoms with Gasteiger partial charge in [-0.2, -0.15) is 0 Å². The molecule has 3 heteroatoms. The Morgan fingerprint density at radius 3 is 2.44 bits per heavy atom. The lowest BCUT2D eigenvalue weighted by atomic mass is 10.0. The van der Waals surface area contributed by atoms with Crippen LogP contribution >= 0.6 is 0 Å². The normalized spacial score (nSPS) is 12.7. The monoisotopic (exact) mass is 220 g/mol. The molecule has 0 unspecified atom stereocenters. The van der Waals surface area contributed by atoms with Crippen molar-refractivity contribution in [3.05, 3.63) is 35.9 Å². The molecule has 0 bridgehead atoms. The molecule has 88 valence electrons. The third kappa shape index (κ3) is 4.45. The van der Waals surface area contributed by atoms with Gasteiger partial charge in [-0.25, -0.2) is 0 Å². The number of nitrogens with two attached hydrogens (primary N) is 1. The fourth-order valence-electron chi connectivity index (χ4n) is 1.61. The van der Waals surface area contributed by atoms with Crippen molar-refractivity contribution in [2.24, 2.45) is 11.7 Å². The van der Waals surface area contributed by atoms with Crippen LogP contribution in [0.15, 0.2) is 30.3 Å². The van der Waals surface area contributed by atoms with Crippen LogP contribution in [-0.4, -0.2) is 11.9 Å². The molecule has 0 saturated heterocycles. The molecule has 3 nitrogen and oxygen atoms in total. The molecule has 1 atom stereocenters. The summed E-state index contributed by atoms with van der Waals surface area (Å²) in [5.74, 6) is 0.149. The molecule has 0 aliphatic rings. The Kier molecular flexibility index (Phi) is 4.99. The first-order valence-electron chi connectivity index (χ1n) is 5.65. The predicted octanol–water partition coefficient (Wildman–Crippen LogP) is 1.68. The minimum atomic E-state index is -0.251. The van der Waals surface area contributed by atoms with Crippen molar-refractivity contribution in [3.8, 4) is 0 Å². The smallest absolute Gasteiger partial charge is 0.218 e. The molecule has 0 heterocycles.